The molecule has 0 saturated carbocycles. The van der Waals surface area contributed by atoms with E-state index in [1.54, 1.807) is 11.0 Å². The van der Waals surface area contributed by atoms with Crippen LogP contribution in [0.5, 0.6) is 0 Å². The van der Waals surface area contributed by atoms with E-state index in [1.165, 1.54) is 0 Å². The zero-order chi connectivity index (χ0) is 8.10. The number of rotatable bonds is 3. The van der Waals surface area contributed by atoms with Crippen LogP contribution in [-0.2, 0) is 6.54 Å². The average molecular weight is 151 g/mol. The maximum absolute atomic E-state index is 8.45. The second-order valence-corrected chi connectivity index (χ2v) is 2.39. The molecule has 0 aliphatic heterocycles. The molecule has 1 aromatic heterocycles. The topological polar surface area (TPSA) is 67.4 Å². The summed E-state index contributed by atoms with van der Waals surface area (Å²) in [5, 5.41) is 19.1. The minimum absolute atomic E-state index is 0.0687. The van der Waals surface area contributed by atoms with Crippen molar-refractivity contribution in [3.63, 3.8) is 0 Å². The number of aromatic nitrogens is 4. The number of hydrogen-bond acceptors (Lipinski definition) is 4. The van der Waals surface area contributed by atoms with Crippen LogP contribution in [0.3, 0.4) is 0 Å². The lowest BCUT2D eigenvalue weighted by molar-refractivity contribution is 0.510. The molecule has 1 atom stereocenters. The first-order valence-electron chi connectivity index (χ1n) is 3.43. The van der Waals surface area contributed by atoms with E-state index in [2.05, 4.69) is 21.6 Å². The zero-order valence-corrected chi connectivity index (χ0v) is 6.30. The van der Waals surface area contributed by atoms with Crippen molar-refractivity contribution in [1.29, 1.82) is 5.26 Å². The third kappa shape index (κ3) is 2.34. The minimum atomic E-state index is 0.0687. The third-order valence-electron chi connectivity index (χ3n) is 1.40. The fourth-order valence-corrected chi connectivity index (χ4v) is 0.673. The van der Waals surface area contributed by atoms with Gasteiger partial charge in [0.05, 0.1) is 6.07 Å². The van der Waals surface area contributed by atoms with Crippen molar-refractivity contribution in [3.05, 3.63) is 6.33 Å². The number of nitriles is 1. The molecule has 1 heterocycles. The predicted octanol–water partition coefficient (Wildman–Crippen LogP) is 0.223. The van der Waals surface area contributed by atoms with Gasteiger partial charge < -0.3 is 0 Å². The highest BCUT2D eigenvalue weighted by atomic mass is 15.5. The van der Waals surface area contributed by atoms with E-state index in [4.69, 9.17) is 5.26 Å². The van der Waals surface area contributed by atoms with E-state index < -0.39 is 0 Å². The van der Waals surface area contributed by atoms with E-state index in [0.29, 0.717) is 6.54 Å². The summed E-state index contributed by atoms with van der Waals surface area (Å²) in [6.07, 6.45) is 2.34. The summed E-state index contributed by atoms with van der Waals surface area (Å²) in [4.78, 5) is 0. The molecule has 0 fully saturated rings. The molecule has 5 nitrogen and oxygen atoms in total. The van der Waals surface area contributed by atoms with Crippen molar-refractivity contribution in [1.82, 2.24) is 20.2 Å². The first-order valence-corrected chi connectivity index (χ1v) is 3.43. The fourth-order valence-electron chi connectivity index (χ4n) is 0.673. The Bertz CT molecular complexity index is 234. The summed E-state index contributed by atoms with van der Waals surface area (Å²) in [5.41, 5.74) is 0. The maximum atomic E-state index is 8.45. The normalized spacial score (nSPS) is 12.4. The third-order valence-corrected chi connectivity index (χ3v) is 1.40. The summed E-state index contributed by atoms with van der Waals surface area (Å²) >= 11 is 0. The monoisotopic (exact) mass is 151 g/mol. The van der Waals surface area contributed by atoms with Crippen LogP contribution in [0, 0.1) is 17.2 Å². The molecule has 58 valence electrons. The van der Waals surface area contributed by atoms with Crippen LogP contribution in [-0.4, -0.2) is 20.2 Å². The molecule has 0 saturated heterocycles. The highest BCUT2D eigenvalue weighted by Crippen LogP contribution is 1.99. The number of hydrogen-bond donors (Lipinski definition) is 0. The lowest BCUT2D eigenvalue weighted by atomic mass is 10.1. The van der Waals surface area contributed by atoms with Gasteiger partial charge in [-0.1, -0.05) is 0 Å². The van der Waals surface area contributed by atoms with E-state index >= 15 is 0 Å². The molecule has 5 heteroatoms. The molecule has 0 aliphatic rings. The molecule has 0 aliphatic carbocycles. The average Bonchev–Trinajstić information content (AvgIpc) is 2.52. The van der Waals surface area contributed by atoms with Crippen LogP contribution in [0.2, 0.25) is 0 Å². The Morgan fingerprint density at radius 3 is 3.09 bits per heavy atom. The van der Waals surface area contributed by atoms with E-state index in [-0.39, 0.29) is 5.92 Å². The molecule has 0 bridgehead atoms. The van der Waals surface area contributed by atoms with Gasteiger partial charge in [0.2, 0.25) is 0 Å². The Kier molecular flexibility index (Phi) is 2.55. The second kappa shape index (κ2) is 3.66. The van der Waals surface area contributed by atoms with Crippen LogP contribution >= 0.6 is 0 Å². The van der Waals surface area contributed by atoms with Crippen LogP contribution in [0.15, 0.2) is 6.33 Å². The smallest absolute Gasteiger partial charge is 0.138 e. The van der Waals surface area contributed by atoms with Gasteiger partial charge >= 0.3 is 0 Å². The van der Waals surface area contributed by atoms with Gasteiger partial charge in [0.15, 0.2) is 0 Å². The molecule has 0 N–H and O–H groups in total. The summed E-state index contributed by atoms with van der Waals surface area (Å²) in [7, 11) is 0. The van der Waals surface area contributed by atoms with Gasteiger partial charge in [-0.3, -0.25) is 0 Å². The first kappa shape index (κ1) is 7.66. The number of nitrogens with zero attached hydrogens (tertiary/aromatic N) is 5. The molecule has 0 spiro atoms. The predicted molar refractivity (Wildman–Crippen MR) is 37.2 cm³/mol. The van der Waals surface area contributed by atoms with E-state index in [0.717, 1.165) is 6.42 Å². The Hall–Kier alpha value is -1.44. The van der Waals surface area contributed by atoms with Crippen molar-refractivity contribution in [2.45, 2.75) is 19.9 Å². The second-order valence-electron chi connectivity index (χ2n) is 2.39. The van der Waals surface area contributed by atoms with Gasteiger partial charge in [-0.05, 0) is 23.8 Å². The largest absolute Gasteiger partial charge is 0.232 e. The molecule has 11 heavy (non-hydrogen) atoms. The molecule has 1 unspecified atom stereocenters. The Morgan fingerprint density at radius 1 is 1.73 bits per heavy atom. The quantitative estimate of drug-likeness (QED) is 0.619. The van der Waals surface area contributed by atoms with Crippen molar-refractivity contribution in [2.24, 2.45) is 5.92 Å². The Labute approximate surface area is 64.6 Å². The lowest BCUT2D eigenvalue weighted by Crippen LogP contribution is -2.02. The van der Waals surface area contributed by atoms with Gasteiger partial charge in [-0.25, -0.2) is 4.68 Å². The standard InChI is InChI=1S/C6H9N5/c1-6(4-7)2-3-11-5-8-9-10-11/h5-6H,2-3H2,1H3. The molecule has 0 amide bonds. The lowest BCUT2D eigenvalue weighted by Gasteiger charge is -1.99. The van der Waals surface area contributed by atoms with Gasteiger partial charge in [0, 0.05) is 12.5 Å². The summed E-state index contributed by atoms with van der Waals surface area (Å²) in [6, 6.07) is 2.15. The van der Waals surface area contributed by atoms with E-state index in [9.17, 15) is 0 Å². The molecular weight excluding hydrogens is 142 g/mol. The van der Waals surface area contributed by atoms with Crippen molar-refractivity contribution in [2.75, 3.05) is 0 Å². The number of tetrazole rings is 1. The van der Waals surface area contributed by atoms with Crippen LogP contribution in [0.4, 0.5) is 0 Å². The summed E-state index contributed by atoms with van der Waals surface area (Å²) in [5.74, 6) is 0.0687. The highest BCUT2D eigenvalue weighted by Gasteiger charge is 1.99. The van der Waals surface area contributed by atoms with Crippen LogP contribution < -0.4 is 0 Å². The van der Waals surface area contributed by atoms with Gasteiger partial charge in [0.25, 0.3) is 0 Å². The van der Waals surface area contributed by atoms with Crippen molar-refractivity contribution < 1.29 is 0 Å². The van der Waals surface area contributed by atoms with Crippen molar-refractivity contribution in [3.8, 4) is 6.07 Å². The molecular formula is C6H9N5. The molecule has 0 aromatic carbocycles. The Balaban J connectivity index is 2.30. The van der Waals surface area contributed by atoms with Gasteiger partial charge in [-0.2, -0.15) is 5.26 Å². The van der Waals surface area contributed by atoms with Crippen molar-refractivity contribution >= 4 is 0 Å². The van der Waals surface area contributed by atoms with E-state index in [1.807, 2.05) is 6.92 Å². The molecule has 1 aromatic rings. The maximum Gasteiger partial charge on any atom is 0.138 e. The minimum Gasteiger partial charge on any atom is -0.232 e. The zero-order valence-electron chi connectivity index (χ0n) is 6.30. The first-order chi connectivity index (χ1) is 5.33. The fraction of sp³-hybridized carbons (Fsp3) is 0.667. The van der Waals surface area contributed by atoms with Crippen LogP contribution in [0.25, 0.3) is 0 Å². The molecule has 0 radical (unpaired) electrons. The molecule has 1 rings (SSSR count). The SMILES string of the molecule is CC(C#N)CCn1cnnn1. The van der Waals surface area contributed by atoms with Crippen LogP contribution in [0.1, 0.15) is 13.3 Å². The van der Waals surface area contributed by atoms with Gasteiger partial charge in [0.1, 0.15) is 6.33 Å². The Morgan fingerprint density at radius 2 is 2.55 bits per heavy atom. The highest BCUT2D eigenvalue weighted by molar-refractivity contribution is 4.77. The summed E-state index contributed by atoms with van der Waals surface area (Å²) in [6.45, 7) is 2.59. The van der Waals surface area contributed by atoms with Gasteiger partial charge in [-0.15, -0.1) is 5.10 Å². The number of aryl methyl sites for hydroxylation is 1. The summed E-state index contributed by atoms with van der Waals surface area (Å²) < 4.78 is 1.62.